The maximum Gasteiger partial charge on any atom is 0.200 e. The average molecular weight is 398 g/mol. The van der Waals surface area contributed by atoms with Gasteiger partial charge in [0.05, 0.1) is 14.2 Å². The highest BCUT2D eigenvalue weighted by Gasteiger charge is 2.23. The van der Waals surface area contributed by atoms with Crippen LogP contribution in [0.15, 0.2) is 47.5 Å². The Balaban J connectivity index is 1.53. The lowest BCUT2D eigenvalue weighted by atomic mass is 9.82. The van der Waals surface area contributed by atoms with Gasteiger partial charge in [-0.05, 0) is 54.9 Å². The van der Waals surface area contributed by atoms with Gasteiger partial charge in [0.25, 0.3) is 0 Å². The maximum absolute atomic E-state index is 10.1. The monoisotopic (exact) mass is 397 g/mol. The summed E-state index contributed by atoms with van der Waals surface area (Å²) in [6.45, 7) is 0.548. The Hall–Kier alpha value is -2.89. The van der Waals surface area contributed by atoms with Gasteiger partial charge in [-0.2, -0.15) is 0 Å². The van der Waals surface area contributed by atoms with Gasteiger partial charge < -0.3 is 25.2 Å². The largest absolute Gasteiger partial charge is 0.502 e. The summed E-state index contributed by atoms with van der Waals surface area (Å²) in [5, 5.41) is 16.9. The zero-order valence-electron chi connectivity index (χ0n) is 17.4. The molecule has 0 heterocycles. The van der Waals surface area contributed by atoms with Crippen molar-refractivity contribution in [2.24, 2.45) is 4.99 Å². The van der Waals surface area contributed by atoms with Crippen LogP contribution in [0.3, 0.4) is 0 Å². The summed E-state index contributed by atoms with van der Waals surface area (Å²) < 4.78 is 10.5. The van der Waals surface area contributed by atoms with Crippen LogP contribution in [0.25, 0.3) is 0 Å². The molecule has 6 heteroatoms. The van der Waals surface area contributed by atoms with Crippen molar-refractivity contribution in [1.82, 2.24) is 10.6 Å². The first-order chi connectivity index (χ1) is 14.1. The van der Waals surface area contributed by atoms with Crippen LogP contribution in [0.2, 0.25) is 0 Å². The minimum atomic E-state index is 0.0106. The Morgan fingerprint density at radius 3 is 2.21 bits per heavy atom. The molecule has 0 saturated heterocycles. The van der Waals surface area contributed by atoms with E-state index in [2.05, 4.69) is 46.0 Å². The van der Waals surface area contributed by atoms with Crippen LogP contribution in [0.1, 0.15) is 42.7 Å². The first-order valence-corrected chi connectivity index (χ1v) is 10.1. The molecule has 1 saturated carbocycles. The lowest BCUT2D eigenvalue weighted by Crippen LogP contribution is -2.44. The van der Waals surface area contributed by atoms with Crippen molar-refractivity contribution in [3.8, 4) is 17.2 Å². The van der Waals surface area contributed by atoms with Gasteiger partial charge in [-0.25, -0.2) is 0 Å². The van der Waals surface area contributed by atoms with Crippen LogP contribution in [0.5, 0.6) is 17.2 Å². The lowest BCUT2D eigenvalue weighted by molar-refractivity contribution is 0.339. The molecule has 0 unspecified atom stereocenters. The number of phenolic OH excluding ortho intramolecular Hbond substituents is 1. The number of aromatic hydroxyl groups is 1. The predicted molar refractivity (Wildman–Crippen MR) is 116 cm³/mol. The number of aliphatic imine (C=N–C) groups is 1. The smallest absolute Gasteiger partial charge is 0.200 e. The fraction of sp³-hybridized carbons (Fsp3) is 0.435. The number of phenols is 1. The Labute approximate surface area is 173 Å². The van der Waals surface area contributed by atoms with Crippen molar-refractivity contribution >= 4 is 5.96 Å². The Bertz CT molecular complexity index is 790. The van der Waals surface area contributed by atoms with E-state index in [0.29, 0.717) is 30.0 Å². The molecule has 2 aromatic rings. The molecule has 0 bridgehead atoms. The molecule has 29 heavy (non-hydrogen) atoms. The van der Waals surface area contributed by atoms with Crippen LogP contribution in [0.4, 0.5) is 0 Å². The van der Waals surface area contributed by atoms with Gasteiger partial charge in [0.2, 0.25) is 5.75 Å². The predicted octanol–water partition coefficient (Wildman–Crippen LogP) is 3.80. The lowest BCUT2D eigenvalue weighted by Gasteiger charge is -2.30. The second-order valence-corrected chi connectivity index (χ2v) is 7.38. The Morgan fingerprint density at radius 1 is 1.03 bits per heavy atom. The fourth-order valence-electron chi connectivity index (χ4n) is 3.92. The number of nitrogens with one attached hydrogen (secondary N) is 2. The van der Waals surface area contributed by atoms with Crippen molar-refractivity contribution < 1.29 is 14.6 Å². The van der Waals surface area contributed by atoms with Gasteiger partial charge in [-0.1, -0.05) is 30.3 Å². The minimum Gasteiger partial charge on any atom is -0.502 e. The Kier molecular flexibility index (Phi) is 7.22. The number of nitrogens with zero attached hydrogens (tertiary/aromatic N) is 1. The molecule has 0 atom stereocenters. The van der Waals surface area contributed by atoms with E-state index in [9.17, 15) is 5.11 Å². The third kappa shape index (κ3) is 5.34. The van der Waals surface area contributed by atoms with E-state index in [1.165, 1.54) is 32.6 Å². The highest BCUT2D eigenvalue weighted by atomic mass is 16.5. The molecular formula is C23H31N3O3. The summed E-state index contributed by atoms with van der Waals surface area (Å²) in [6, 6.07) is 14.8. The van der Waals surface area contributed by atoms with E-state index in [4.69, 9.17) is 9.47 Å². The van der Waals surface area contributed by atoms with Crippen molar-refractivity contribution in [3.63, 3.8) is 0 Å². The van der Waals surface area contributed by atoms with Crippen molar-refractivity contribution in [3.05, 3.63) is 53.6 Å². The molecule has 1 aliphatic carbocycles. The number of hydrogen-bond acceptors (Lipinski definition) is 4. The molecule has 156 valence electrons. The minimum absolute atomic E-state index is 0.0106. The van der Waals surface area contributed by atoms with E-state index >= 15 is 0 Å². The molecule has 0 aliphatic heterocycles. The van der Waals surface area contributed by atoms with Crippen LogP contribution in [-0.4, -0.2) is 38.4 Å². The molecule has 0 spiro atoms. The second-order valence-electron chi connectivity index (χ2n) is 7.38. The van der Waals surface area contributed by atoms with E-state index in [1.54, 1.807) is 19.2 Å². The molecule has 3 rings (SSSR count). The average Bonchev–Trinajstić information content (AvgIpc) is 2.78. The number of rotatable bonds is 6. The Morgan fingerprint density at radius 2 is 1.66 bits per heavy atom. The number of hydrogen-bond donors (Lipinski definition) is 3. The van der Waals surface area contributed by atoms with E-state index in [-0.39, 0.29) is 5.75 Å². The molecule has 3 N–H and O–H groups in total. The van der Waals surface area contributed by atoms with Gasteiger partial charge >= 0.3 is 0 Å². The zero-order chi connectivity index (χ0) is 20.6. The number of methoxy groups -OCH3 is 2. The molecule has 2 aromatic carbocycles. The molecule has 6 nitrogen and oxygen atoms in total. The molecule has 1 aliphatic rings. The van der Waals surface area contributed by atoms with Crippen LogP contribution in [0, 0.1) is 0 Å². The normalized spacial score (nSPS) is 19.5. The van der Waals surface area contributed by atoms with Gasteiger partial charge in [0, 0.05) is 19.6 Å². The van der Waals surface area contributed by atoms with Crippen LogP contribution < -0.4 is 20.1 Å². The van der Waals surface area contributed by atoms with Gasteiger partial charge in [-0.3, -0.25) is 4.99 Å². The van der Waals surface area contributed by atoms with Gasteiger partial charge in [0.15, 0.2) is 17.5 Å². The summed E-state index contributed by atoms with van der Waals surface area (Å²) in [5.74, 6) is 2.23. The standard InChI is InChI=1S/C23H31N3O3/c1-24-23(25-15-16-13-20(28-2)22(27)21(14-16)29-3)26-19-11-9-18(10-12-19)17-7-5-4-6-8-17/h4-8,13-14,18-19,27H,9-12,15H2,1-3H3,(H2,24,25,26). The summed E-state index contributed by atoms with van der Waals surface area (Å²) in [5.41, 5.74) is 2.39. The van der Waals surface area contributed by atoms with Gasteiger partial charge in [0.1, 0.15) is 0 Å². The molecule has 0 amide bonds. The van der Waals surface area contributed by atoms with E-state index < -0.39 is 0 Å². The zero-order valence-corrected chi connectivity index (χ0v) is 17.4. The molecular weight excluding hydrogens is 366 g/mol. The number of guanidine groups is 1. The quantitative estimate of drug-likeness (QED) is 0.511. The van der Waals surface area contributed by atoms with E-state index in [1.807, 2.05) is 0 Å². The highest BCUT2D eigenvalue weighted by Crippen LogP contribution is 2.37. The number of ether oxygens (including phenoxy) is 2. The highest BCUT2D eigenvalue weighted by molar-refractivity contribution is 5.80. The molecule has 0 aromatic heterocycles. The summed E-state index contributed by atoms with van der Waals surface area (Å²) in [4.78, 5) is 4.36. The van der Waals surface area contributed by atoms with Crippen molar-refractivity contribution in [1.29, 1.82) is 0 Å². The topological polar surface area (TPSA) is 75.1 Å². The van der Waals surface area contributed by atoms with Crippen molar-refractivity contribution in [2.45, 2.75) is 44.2 Å². The van der Waals surface area contributed by atoms with Crippen LogP contribution >= 0.6 is 0 Å². The maximum atomic E-state index is 10.1. The molecule has 0 radical (unpaired) electrons. The van der Waals surface area contributed by atoms with Gasteiger partial charge in [-0.15, -0.1) is 0 Å². The summed E-state index contributed by atoms with van der Waals surface area (Å²) in [7, 11) is 4.83. The molecule has 1 fully saturated rings. The third-order valence-corrected chi connectivity index (χ3v) is 5.56. The summed E-state index contributed by atoms with van der Waals surface area (Å²) in [6.07, 6.45) is 4.62. The fourth-order valence-corrected chi connectivity index (χ4v) is 3.92. The summed E-state index contributed by atoms with van der Waals surface area (Å²) >= 11 is 0. The van der Waals surface area contributed by atoms with E-state index in [0.717, 1.165) is 24.4 Å². The second kappa shape index (κ2) is 10.0. The van der Waals surface area contributed by atoms with Crippen molar-refractivity contribution in [2.75, 3.05) is 21.3 Å². The van der Waals surface area contributed by atoms with Crippen LogP contribution in [-0.2, 0) is 6.54 Å². The SMILES string of the molecule is CN=C(NCc1cc(OC)c(O)c(OC)c1)NC1CCC(c2ccccc2)CC1. The first kappa shape index (κ1) is 20.8. The number of benzene rings is 2. The third-order valence-electron chi connectivity index (χ3n) is 5.56. The first-order valence-electron chi connectivity index (χ1n) is 10.1.